The SMILES string of the molecule is CCCNC(=O)C1CCCN(C(=O)CCNC)C1.Cl. The van der Waals surface area contributed by atoms with E-state index in [1.807, 2.05) is 18.9 Å². The Kier molecular flexibility index (Phi) is 9.61. The summed E-state index contributed by atoms with van der Waals surface area (Å²) in [4.78, 5) is 25.6. The smallest absolute Gasteiger partial charge is 0.224 e. The third-order valence-corrected chi connectivity index (χ3v) is 3.28. The molecule has 0 aromatic carbocycles. The first-order chi connectivity index (χ1) is 8.69. The van der Waals surface area contributed by atoms with E-state index in [4.69, 9.17) is 0 Å². The van der Waals surface area contributed by atoms with Gasteiger partial charge >= 0.3 is 0 Å². The topological polar surface area (TPSA) is 61.4 Å². The highest BCUT2D eigenvalue weighted by Crippen LogP contribution is 2.17. The van der Waals surface area contributed by atoms with Crippen LogP contribution in [0.3, 0.4) is 0 Å². The normalized spacial score (nSPS) is 18.6. The predicted molar refractivity (Wildman–Crippen MR) is 78.4 cm³/mol. The highest BCUT2D eigenvalue weighted by Gasteiger charge is 2.27. The number of rotatable bonds is 6. The quantitative estimate of drug-likeness (QED) is 0.760. The van der Waals surface area contributed by atoms with Crippen LogP contribution in [0.25, 0.3) is 0 Å². The molecule has 1 rings (SSSR count). The van der Waals surface area contributed by atoms with Crippen molar-refractivity contribution in [1.82, 2.24) is 15.5 Å². The van der Waals surface area contributed by atoms with Crippen LogP contribution in [0.1, 0.15) is 32.6 Å². The Balaban J connectivity index is 0.00000324. The van der Waals surface area contributed by atoms with Gasteiger partial charge in [0.1, 0.15) is 0 Å². The summed E-state index contributed by atoms with van der Waals surface area (Å²) in [5, 5.41) is 5.89. The van der Waals surface area contributed by atoms with Crippen molar-refractivity contribution in [3.63, 3.8) is 0 Å². The minimum absolute atomic E-state index is 0. The minimum atomic E-state index is -0.0242. The molecule has 6 heteroatoms. The van der Waals surface area contributed by atoms with Crippen molar-refractivity contribution in [2.24, 2.45) is 5.92 Å². The molecule has 1 aliphatic heterocycles. The third kappa shape index (κ3) is 6.25. The average Bonchev–Trinajstić information content (AvgIpc) is 2.42. The first kappa shape index (κ1) is 18.2. The second kappa shape index (κ2) is 10.0. The predicted octanol–water partition coefficient (Wildman–Crippen LogP) is 0.782. The Hall–Kier alpha value is -0.810. The number of carbonyl (C=O) groups excluding carboxylic acids is 2. The summed E-state index contributed by atoms with van der Waals surface area (Å²) in [6, 6.07) is 0. The summed E-state index contributed by atoms with van der Waals surface area (Å²) in [5.74, 6) is 0.226. The number of piperidine rings is 1. The molecule has 0 saturated carbocycles. The molecule has 0 aromatic heterocycles. The molecule has 19 heavy (non-hydrogen) atoms. The van der Waals surface area contributed by atoms with Crippen molar-refractivity contribution >= 4 is 24.2 Å². The van der Waals surface area contributed by atoms with E-state index in [-0.39, 0.29) is 30.1 Å². The van der Waals surface area contributed by atoms with Gasteiger partial charge in [0, 0.05) is 32.6 Å². The van der Waals surface area contributed by atoms with E-state index in [9.17, 15) is 9.59 Å². The molecule has 1 atom stereocenters. The first-order valence-electron chi connectivity index (χ1n) is 6.89. The fraction of sp³-hybridized carbons (Fsp3) is 0.846. The molecule has 1 heterocycles. The summed E-state index contributed by atoms with van der Waals surface area (Å²) in [5.41, 5.74) is 0. The lowest BCUT2D eigenvalue weighted by Crippen LogP contribution is -2.46. The van der Waals surface area contributed by atoms with Gasteiger partial charge in [-0.1, -0.05) is 6.92 Å². The molecule has 0 aromatic rings. The third-order valence-electron chi connectivity index (χ3n) is 3.28. The minimum Gasteiger partial charge on any atom is -0.356 e. The van der Waals surface area contributed by atoms with Crippen LogP contribution < -0.4 is 10.6 Å². The standard InChI is InChI=1S/C13H25N3O2.ClH/c1-3-7-15-13(18)11-5-4-9-16(10-11)12(17)6-8-14-2;/h11,14H,3-10H2,1-2H3,(H,15,18);1H. The Bertz CT molecular complexity index is 261. The number of hydrogen-bond acceptors (Lipinski definition) is 3. The fourth-order valence-corrected chi connectivity index (χ4v) is 2.20. The second-order valence-electron chi connectivity index (χ2n) is 4.82. The lowest BCUT2D eigenvalue weighted by atomic mass is 9.97. The zero-order chi connectivity index (χ0) is 13.4. The van der Waals surface area contributed by atoms with Gasteiger partial charge in [0.15, 0.2) is 0 Å². The zero-order valence-electron chi connectivity index (χ0n) is 11.9. The van der Waals surface area contributed by atoms with Crippen LogP contribution in [0.2, 0.25) is 0 Å². The zero-order valence-corrected chi connectivity index (χ0v) is 12.7. The number of hydrogen-bond donors (Lipinski definition) is 2. The van der Waals surface area contributed by atoms with E-state index >= 15 is 0 Å². The van der Waals surface area contributed by atoms with Gasteiger partial charge in [-0.2, -0.15) is 0 Å². The molecule has 1 unspecified atom stereocenters. The molecule has 0 radical (unpaired) electrons. The van der Waals surface area contributed by atoms with E-state index in [2.05, 4.69) is 10.6 Å². The lowest BCUT2D eigenvalue weighted by Gasteiger charge is -2.32. The molecule has 1 fully saturated rings. The van der Waals surface area contributed by atoms with Crippen LogP contribution in [0.4, 0.5) is 0 Å². The summed E-state index contributed by atoms with van der Waals surface area (Å²) >= 11 is 0. The van der Waals surface area contributed by atoms with E-state index < -0.39 is 0 Å². The molecule has 0 spiro atoms. The lowest BCUT2D eigenvalue weighted by molar-refractivity contribution is -0.135. The molecule has 5 nitrogen and oxygen atoms in total. The molecule has 0 bridgehead atoms. The maximum Gasteiger partial charge on any atom is 0.224 e. The van der Waals surface area contributed by atoms with Gasteiger partial charge in [-0.25, -0.2) is 0 Å². The fourth-order valence-electron chi connectivity index (χ4n) is 2.20. The second-order valence-corrected chi connectivity index (χ2v) is 4.82. The maximum atomic E-state index is 11.9. The monoisotopic (exact) mass is 291 g/mol. The number of carbonyl (C=O) groups is 2. The highest BCUT2D eigenvalue weighted by atomic mass is 35.5. The Morgan fingerprint density at radius 3 is 2.68 bits per heavy atom. The number of nitrogens with one attached hydrogen (secondary N) is 2. The Labute approximate surface area is 121 Å². The van der Waals surface area contributed by atoms with Crippen LogP contribution in [0, 0.1) is 5.92 Å². The van der Waals surface area contributed by atoms with Crippen LogP contribution in [-0.2, 0) is 9.59 Å². The van der Waals surface area contributed by atoms with Gasteiger partial charge in [0.25, 0.3) is 0 Å². The van der Waals surface area contributed by atoms with Crippen LogP contribution in [0.5, 0.6) is 0 Å². The largest absolute Gasteiger partial charge is 0.356 e. The van der Waals surface area contributed by atoms with Gasteiger partial charge in [0.2, 0.25) is 11.8 Å². The number of amides is 2. The van der Waals surface area contributed by atoms with Crippen molar-refractivity contribution in [1.29, 1.82) is 0 Å². The van der Waals surface area contributed by atoms with Crippen molar-refractivity contribution in [2.75, 3.05) is 33.2 Å². The Morgan fingerprint density at radius 2 is 2.05 bits per heavy atom. The summed E-state index contributed by atoms with van der Waals surface area (Å²) < 4.78 is 0. The van der Waals surface area contributed by atoms with Crippen LogP contribution in [0.15, 0.2) is 0 Å². The molecular weight excluding hydrogens is 266 g/mol. The van der Waals surface area contributed by atoms with E-state index in [1.165, 1.54) is 0 Å². The van der Waals surface area contributed by atoms with Crippen LogP contribution >= 0.6 is 12.4 Å². The van der Waals surface area contributed by atoms with Gasteiger partial charge in [0.05, 0.1) is 5.92 Å². The van der Waals surface area contributed by atoms with Crippen molar-refractivity contribution in [3.8, 4) is 0 Å². The number of nitrogens with zero attached hydrogens (tertiary/aromatic N) is 1. The molecule has 2 amide bonds. The molecule has 1 saturated heterocycles. The summed E-state index contributed by atoms with van der Waals surface area (Å²) in [7, 11) is 1.84. The molecule has 2 N–H and O–H groups in total. The van der Waals surface area contributed by atoms with Gasteiger partial charge in [-0.05, 0) is 26.3 Å². The van der Waals surface area contributed by atoms with E-state index in [1.54, 1.807) is 0 Å². The van der Waals surface area contributed by atoms with Crippen molar-refractivity contribution in [3.05, 3.63) is 0 Å². The van der Waals surface area contributed by atoms with Crippen LogP contribution in [-0.4, -0.2) is 49.9 Å². The van der Waals surface area contributed by atoms with Gasteiger partial charge in [-0.15, -0.1) is 12.4 Å². The summed E-state index contributed by atoms with van der Waals surface area (Å²) in [6.45, 7) is 4.83. The van der Waals surface area contributed by atoms with E-state index in [0.29, 0.717) is 19.5 Å². The van der Waals surface area contributed by atoms with Gasteiger partial charge < -0.3 is 15.5 Å². The molecule has 112 valence electrons. The average molecular weight is 292 g/mol. The molecule has 0 aliphatic carbocycles. The maximum absolute atomic E-state index is 11.9. The highest BCUT2D eigenvalue weighted by molar-refractivity contribution is 5.85. The molecule has 1 aliphatic rings. The number of halogens is 1. The van der Waals surface area contributed by atoms with E-state index in [0.717, 1.165) is 32.4 Å². The van der Waals surface area contributed by atoms with Crippen molar-refractivity contribution < 1.29 is 9.59 Å². The molecular formula is C13H26ClN3O2. The Morgan fingerprint density at radius 1 is 1.32 bits per heavy atom. The first-order valence-corrected chi connectivity index (χ1v) is 6.89. The summed E-state index contributed by atoms with van der Waals surface area (Å²) in [6.07, 6.45) is 3.28. The number of likely N-dealkylation sites (tertiary alicyclic amines) is 1. The van der Waals surface area contributed by atoms with Gasteiger partial charge in [-0.3, -0.25) is 9.59 Å². The van der Waals surface area contributed by atoms with Crippen molar-refractivity contribution in [2.45, 2.75) is 32.6 Å².